The number of ether oxygens (including phenoxy) is 3. The minimum Gasteiger partial charge on any atom is -0.490 e. The number of esters is 2. The highest BCUT2D eigenvalue weighted by molar-refractivity contribution is 14.1. The average Bonchev–Trinajstić information content (AvgIpc) is 3.17. The third-order valence-corrected chi connectivity index (χ3v) is 6.27. The second-order valence-electron chi connectivity index (χ2n) is 6.98. The summed E-state index contributed by atoms with van der Waals surface area (Å²) in [6, 6.07) is 17.4. The molecule has 1 aliphatic heterocycles. The van der Waals surface area contributed by atoms with Crippen LogP contribution in [0.2, 0.25) is 5.02 Å². The van der Waals surface area contributed by atoms with Gasteiger partial charge in [-0.25, -0.2) is 14.6 Å². The fourth-order valence-corrected chi connectivity index (χ4v) is 4.20. The number of carbonyl (C=O) groups is 2. The highest BCUT2D eigenvalue weighted by Gasteiger charge is 2.25. The molecule has 0 bridgehead atoms. The summed E-state index contributed by atoms with van der Waals surface area (Å²) in [5.41, 5.74) is 1.68. The Hall–Kier alpha value is -2.69. The molecule has 1 aliphatic rings. The van der Waals surface area contributed by atoms with E-state index < -0.39 is 11.9 Å². The molecule has 0 fully saturated rings. The zero-order valence-electron chi connectivity index (χ0n) is 17.7. The number of halogens is 3. The van der Waals surface area contributed by atoms with Crippen LogP contribution in [0.4, 0.5) is 0 Å². The van der Waals surface area contributed by atoms with Crippen molar-refractivity contribution in [1.82, 2.24) is 0 Å². The van der Waals surface area contributed by atoms with E-state index in [1.807, 2.05) is 31.2 Å². The number of hydrogen-bond acceptors (Lipinski definition) is 6. The van der Waals surface area contributed by atoms with Crippen LogP contribution in [0.15, 0.2) is 75.8 Å². The van der Waals surface area contributed by atoms with Crippen molar-refractivity contribution in [2.75, 3.05) is 6.61 Å². The highest BCUT2D eigenvalue weighted by Crippen LogP contribution is 2.38. The van der Waals surface area contributed by atoms with Crippen molar-refractivity contribution >= 4 is 74.0 Å². The Kier molecular flexibility index (Phi) is 7.70. The average molecular weight is 653 g/mol. The Balaban J connectivity index is 1.65. The lowest BCUT2D eigenvalue weighted by Gasteiger charge is -2.14. The van der Waals surface area contributed by atoms with Crippen molar-refractivity contribution in [1.29, 1.82) is 0 Å². The van der Waals surface area contributed by atoms with E-state index in [0.29, 0.717) is 28.0 Å². The van der Waals surface area contributed by atoms with Crippen LogP contribution < -0.4 is 9.47 Å². The van der Waals surface area contributed by atoms with Crippen molar-refractivity contribution in [2.24, 2.45) is 4.99 Å². The van der Waals surface area contributed by atoms with Crippen LogP contribution in [-0.4, -0.2) is 24.4 Å². The van der Waals surface area contributed by atoms with Gasteiger partial charge in [0.25, 0.3) is 0 Å². The summed E-state index contributed by atoms with van der Waals surface area (Å²) in [4.78, 5) is 29.4. The van der Waals surface area contributed by atoms with Crippen molar-refractivity contribution in [3.63, 3.8) is 0 Å². The molecule has 0 atom stereocenters. The molecule has 6 nitrogen and oxygen atoms in total. The molecule has 0 aliphatic carbocycles. The predicted molar refractivity (Wildman–Crippen MR) is 141 cm³/mol. The second-order valence-corrected chi connectivity index (χ2v) is 9.48. The molecule has 0 saturated carbocycles. The van der Waals surface area contributed by atoms with Gasteiger partial charge in [-0.15, -0.1) is 0 Å². The van der Waals surface area contributed by atoms with Gasteiger partial charge in [0.15, 0.2) is 17.2 Å². The summed E-state index contributed by atoms with van der Waals surface area (Å²) in [6.45, 7) is 2.14. The highest BCUT2D eigenvalue weighted by atomic mass is 127. The molecule has 34 heavy (non-hydrogen) atoms. The molecule has 0 N–H and O–H groups in total. The first-order valence-electron chi connectivity index (χ1n) is 10.1. The molecule has 0 radical (unpaired) electrons. The third-order valence-electron chi connectivity index (χ3n) is 4.64. The van der Waals surface area contributed by atoms with E-state index in [9.17, 15) is 9.59 Å². The molecule has 0 unspecified atom stereocenters. The molecule has 3 aromatic rings. The van der Waals surface area contributed by atoms with Crippen LogP contribution in [0.1, 0.15) is 28.4 Å². The zero-order valence-corrected chi connectivity index (χ0v) is 22.2. The smallest absolute Gasteiger partial charge is 0.363 e. The van der Waals surface area contributed by atoms with E-state index in [4.69, 9.17) is 25.8 Å². The number of hydrogen-bond donors (Lipinski definition) is 0. The van der Waals surface area contributed by atoms with E-state index in [1.165, 1.54) is 0 Å². The summed E-state index contributed by atoms with van der Waals surface area (Å²) in [7, 11) is 0. The van der Waals surface area contributed by atoms with Gasteiger partial charge < -0.3 is 14.2 Å². The molecule has 172 valence electrons. The maximum absolute atomic E-state index is 12.7. The number of nitrogens with zero attached hydrogens (tertiary/aromatic N) is 1. The van der Waals surface area contributed by atoms with Crippen LogP contribution in [-0.2, 0) is 9.53 Å². The molecule has 1 heterocycles. The molecule has 0 spiro atoms. The number of rotatable bonds is 6. The second kappa shape index (κ2) is 10.7. The first kappa shape index (κ1) is 24.4. The van der Waals surface area contributed by atoms with Gasteiger partial charge >= 0.3 is 11.9 Å². The minimum atomic E-state index is -0.621. The van der Waals surface area contributed by atoms with Crippen molar-refractivity contribution in [3.05, 3.63) is 96.1 Å². The Labute approximate surface area is 222 Å². The van der Waals surface area contributed by atoms with Crippen molar-refractivity contribution < 1.29 is 23.8 Å². The Morgan fingerprint density at radius 1 is 1.18 bits per heavy atom. The summed E-state index contributed by atoms with van der Waals surface area (Å²) >= 11 is 11.7. The number of benzene rings is 3. The van der Waals surface area contributed by atoms with Crippen LogP contribution >= 0.6 is 50.1 Å². The predicted octanol–water partition coefficient (Wildman–Crippen LogP) is 6.67. The molecular formula is C25H16BrClINO5. The molecule has 4 rings (SSSR count). The van der Waals surface area contributed by atoms with Gasteiger partial charge in [0.05, 0.1) is 21.7 Å². The molecule has 9 heteroatoms. The van der Waals surface area contributed by atoms with Gasteiger partial charge in [0, 0.05) is 9.13 Å². The summed E-state index contributed by atoms with van der Waals surface area (Å²) in [6.07, 6.45) is 1.58. The zero-order chi connectivity index (χ0) is 24.2. The lowest BCUT2D eigenvalue weighted by Crippen LogP contribution is -2.11. The number of aliphatic imine (C=N–C) groups is 1. The molecule has 3 aromatic carbocycles. The van der Waals surface area contributed by atoms with E-state index in [2.05, 4.69) is 43.5 Å². The van der Waals surface area contributed by atoms with Crippen LogP contribution in [0, 0.1) is 3.57 Å². The van der Waals surface area contributed by atoms with E-state index in [1.54, 1.807) is 42.5 Å². The Bertz CT molecular complexity index is 1340. The molecule has 0 aromatic heterocycles. The van der Waals surface area contributed by atoms with Crippen LogP contribution in [0.3, 0.4) is 0 Å². The fourth-order valence-electron chi connectivity index (χ4n) is 3.09. The van der Waals surface area contributed by atoms with Crippen LogP contribution in [0.25, 0.3) is 6.08 Å². The lowest BCUT2D eigenvalue weighted by molar-refractivity contribution is -0.129. The Morgan fingerprint density at radius 2 is 1.91 bits per heavy atom. The van der Waals surface area contributed by atoms with E-state index >= 15 is 0 Å². The first-order chi connectivity index (χ1) is 16.4. The summed E-state index contributed by atoms with van der Waals surface area (Å²) in [5, 5.41) is 0.282. The monoisotopic (exact) mass is 651 g/mol. The fraction of sp³-hybridized carbons (Fsp3) is 0.0800. The van der Waals surface area contributed by atoms with E-state index in [-0.39, 0.29) is 27.9 Å². The summed E-state index contributed by atoms with van der Waals surface area (Å²) < 4.78 is 18.1. The maximum Gasteiger partial charge on any atom is 0.363 e. The van der Waals surface area contributed by atoms with E-state index in [0.717, 1.165) is 3.57 Å². The van der Waals surface area contributed by atoms with Crippen LogP contribution in [0.5, 0.6) is 11.5 Å². The third kappa shape index (κ3) is 5.51. The SMILES string of the molecule is CCOc1cc(/C=C2\N=C(c3ccc(I)cc3)OC2=O)cc(Br)c1OC(=O)c1ccccc1Cl. The first-order valence-corrected chi connectivity index (χ1v) is 12.3. The molecular weight excluding hydrogens is 637 g/mol. The number of cyclic esters (lactones) is 1. The van der Waals surface area contributed by atoms with Crippen molar-refractivity contribution in [3.8, 4) is 11.5 Å². The van der Waals surface area contributed by atoms with Gasteiger partial charge in [-0.1, -0.05) is 23.7 Å². The maximum atomic E-state index is 12.7. The van der Waals surface area contributed by atoms with Gasteiger partial charge in [0.1, 0.15) is 0 Å². The molecule has 0 amide bonds. The largest absolute Gasteiger partial charge is 0.490 e. The van der Waals surface area contributed by atoms with Gasteiger partial charge in [0.2, 0.25) is 5.90 Å². The van der Waals surface area contributed by atoms with Crippen molar-refractivity contribution in [2.45, 2.75) is 6.92 Å². The normalized spacial score (nSPS) is 14.1. The quantitative estimate of drug-likeness (QED) is 0.129. The Morgan fingerprint density at radius 3 is 2.62 bits per heavy atom. The standard InChI is InChI=1S/C25H16BrClINO5/c1-2-32-21-13-14(11-18(26)22(21)33-24(30)17-5-3-4-6-19(17)27)12-20-25(31)34-23(29-20)15-7-9-16(28)10-8-15/h3-13H,2H2,1H3/b20-12-. The van der Waals surface area contributed by atoms with Gasteiger partial charge in [-0.2, -0.15) is 0 Å². The lowest BCUT2D eigenvalue weighted by atomic mass is 10.1. The van der Waals surface area contributed by atoms with Gasteiger partial charge in [-0.3, -0.25) is 0 Å². The molecule has 0 saturated heterocycles. The topological polar surface area (TPSA) is 74.2 Å². The van der Waals surface area contributed by atoms with Gasteiger partial charge in [-0.05, 0) is 106 Å². The minimum absolute atomic E-state index is 0.142. The summed E-state index contributed by atoms with van der Waals surface area (Å²) in [5.74, 6) is -0.424. The number of carbonyl (C=O) groups excluding carboxylic acids is 2.